The maximum absolute atomic E-state index is 10.8. The number of ether oxygens (including phenoxy) is 4. The molecule has 4 atom stereocenters. The van der Waals surface area contributed by atoms with Crippen molar-refractivity contribution >= 4 is 46.3 Å². The van der Waals surface area contributed by atoms with Gasteiger partial charge in [0.15, 0.2) is 24.4 Å². The second-order valence-corrected chi connectivity index (χ2v) is 8.26. The van der Waals surface area contributed by atoms with Crippen LogP contribution in [-0.2, 0) is 111 Å². The summed E-state index contributed by atoms with van der Waals surface area (Å²) in [6.07, 6.45) is 9.72. The number of carbonyl (C=O) groups is 8. The third-order valence-corrected chi connectivity index (χ3v) is 5.47. The number of ketones is 8. The van der Waals surface area contributed by atoms with Crippen LogP contribution in [-0.4, -0.2) is 70.7 Å². The average Bonchev–Trinajstić information content (AvgIpc) is 2.96. The standard InChI is InChI=1S/4C7H8O3.3O.2V/c4*1-2-6-7(9)5(8)3-4-10-6;;;;;/h4*3-4,6H,2H2,1H3;;;;;/q;;;;3*-2;;. The SMILES string of the molecule is CCC1OC=CC(=O)C1=O.CCC1OC=CC(=O)C1=O.CCC1OC=CC(=O)C1=O.CCC1OC=CC(=O)C1=O.[O-2].[O-2].[O-2].[V].[V]. The number of hydrogen-bond donors (Lipinski definition) is 0. The molecule has 45 heavy (non-hydrogen) atoms. The molecule has 4 unspecified atom stereocenters. The third kappa shape index (κ3) is 16.5. The summed E-state index contributed by atoms with van der Waals surface area (Å²) >= 11 is 0. The molecule has 2 radical (unpaired) electrons. The van der Waals surface area contributed by atoms with Crippen LogP contribution >= 0.6 is 0 Å². The number of rotatable bonds is 4. The summed E-state index contributed by atoms with van der Waals surface area (Å²) in [4.78, 5) is 85.9. The zero-order chi connectivity index (χ0) is 30.2. The van der Waals surface area contributed by atoms with Crippen LogP contribution in [0.3, 0.4) is 0 Å². The van der Waals surface area contributed by atoms with E-state index >= 15 is 0 Å². The number of Topliss-reactive ketones (excluding diaryl/α,β-unsaturated/α-hetero) is 4. The van der Waals surface area contributed by atoms with E-state index in [4.69, 9.17) is 18.9 Å². The van der Waals surface area contributed by atoms with E-state index in [1.165, 1.54) is 25.0 Å². The minimum Gasteiger partial charge on any atom is -2.00 e. The van der Waals surface area contributed by atoms with Crippen molar-refractivity contribution in [1.82, 2.24) is 0 Å². The monoisotopic (exact) mass is 710 g/mol. The molecule has 0 saturated carbocycles. The maximum Gasteiger partial charge on any atom is 0.243 e. The average molecular weight is 710 g/mol. The predicted octanol–water partition coefficient (Wildman–Crippen LogP) is 1.43. The van der Waals surface area contributed by atoms with Gasteiger partial charge < -0.3 is 35.4 Å². The Hall–Kier alpha value is -3.43. The molecule has 4 aliphatic heterocycles. The summed E-state index contributed by atoms with van der Waals surface area (Å²) < 4.78 is 19.4. The fourth-order valence-electron chi connectivity index (χ4n) is 3.12. The van der Waals surface area contributed by atoms with E-state index in [0.717, 1.165) is 24.3 Å². The Morgan fingerprint density at radius 3 is 0.667 bits per heavy atom. The summed E-state index contributed by atoms with van der Waals surface area (Å²) in [5, 5.41) is 0. The van der Waals surface area contributed by atoms with Crippen molar-refractivity contribution in [2.24, 2.45) is 0 Å². The second kappa shape index (κ2) is 26.9. The molecule has 4 rings (SSSR count). The van der Waals surface area contributed by atoms with Crippen molar-refractivity contribution in [3.63, 3.8) is 0 Å². The van der Waals surface area contributed by atoms with Gasteiger partial charge in [0.05, 0.1) is 25.0 Å². The van der Waals surface area contributed by atoms with E-state index in [2.05, 4.69) is 0 Å². The van der Waals surface area contributed by atoms with Gasteiger partial charge >= 0.3 is 0 Å². The summed E-state index contributed by atoms with van der Waals surface area (Å²) in [6, 6.07) is 0. The van der Waals surface area contributed by atoms with Gasteiger partial charge in [-0.3, -0.25) is 38.4 Å². The van der Waals surface area contributed by atoms with Gasteiger partial charge in [0.25, 0.3) is 0 Å². The van der Waals surface area contributed by atoms with Crippen molar-refractivity contribution in [2.75, 3.05) is 0 Å². The molecular weight excluding hydrogens is 678 g/mol. The smallest absolute Gasteiger partial charge is 0.243 e. The number of hydrogen-bond acceptors (Lipinski definition) is 12. The van der Waals surface area contributed by atoms with Crippen LogP contribution in [0.5, 0.6) is 0 Å². The molecule has 4 heterocycles. The molecule has 0 aliphatic carbocycles. The van der Waals surface area contributed by atoms with Gasteiger partial charge in [-0.15, -0.1) is 0 Å². The fraction of sp³-hybridized carbons (Fsp3) is 0.429. The van der Waals surface area contributed by atoms with Crippen molar-refractivity contribution in [1.29, 1.82) is 0 Å². The first-order valence-electron chi connectivity index (χ1n) is 12.6. The van der Waals surface area contributed by atoms with Crippen molar-refractivity contribution in [3.05, 3.63) is 49.4 Å². The minimum atomic E-state index is -0.544. The van der Waals surface area contributed by atoms with Crippen LogP contribution in [0.1, 0.15) is 53.4 Å². The van der Waals surface area contributed by atoms with Gasteiger partial charge in [-0.05, 0) is 25.7 Å². The van der Waals surface area contributed by atoms with Gasteiger partial charge in [-0.1, -0.05) is 27.7 Å². The summed E-state index contributed by atoms with van der Waals surface area (Å²) in [5.41, 5.74) is 0. The van der Waals surface area contributed by atoms with Gasteiger partial charge in [-0.2, -0.15) is 0 Å². The third-order valence-electron chi connectivity index (χ3n) is 5.47. The van der Waals surface area contributed by atoms with E-state index in [-0.39, 0.29) is 53.5 Å². The Balaban J connectivity index is -0.000000152. The molecular formula is C28H32O15V2-6. The molecule has 250 valence electrons. The molecule has 0 saturated heterocycles. The Morgan fingerprint density at radius 2 is 0.556 bits per heavy atom. The molecule has 17 heteroatoms. The summed E-state index contributed by atoms with van der Waals surface area (Å²) in [7, 11) is 0. The van der Waals surface area contributed by atoms with E-state index in [1.807, 2.05) is 0 Å². The first-order valence-corrected chi connectivity index (χ1v) is 12.6. The predicted molar refractivity (Wildman–Crippen MR) is 139 cm³/mol. The molecule has 0 spiro atoms. The first kappa shape index (κ1) is 51.2. The molecule has 15 nitrogen and oxygen atoms in total. The van der Waals surface area contributed by atoms with Crippen LogP contribution in [0.2, 0.25) is 0 Å². The van der Waals surface area contributed by atoms with Crippen molar-refractivity contribution < 1.29 is 111 Å². The van der Waals surface area contributed by atoms with E-state index in [1.54, 1.807) is 27.7 Å². The summed E-state index contributed by atoms with van der Waals surface area (Å²) in [6.45, 7) is 7.20. The quantitative estimate of drug-likeness (QED) is 0.375. The molecule has 0 N–H and O–H groups in total. The van der Waals surface area contributed by atoms with Crippen molar-refractivity contribution in [2.45, 2.75) is 77.8 Å². The molecule has 0 aromatic heterocycles. The van der Waals surface area contributed by atoms with Crippen LogP contribution in [0.25, 0.3) is 0 Å². The Morgan fingerprint density at radius 1 is 0.400 bits per heavy atom. The Bertz CT molecular complexity index is 965. The van der Waals surface area contributed by atoms with Crippen LogP contribution < -0.4 is 0 Å². The molecule has 0 aromatic rings. The zero-order valence-electron chi connectivity index (χ0n) is 24.8. The molecule has 4 aliphatic rings. The normalized spacial score (nSPS) is 22.0. The van der Waals surface area contributed by atoms with Gasteiger partial charge in [0.2, 0.25) is 46.3 Å². The van der Waals surface area contributed by atoms with Gasteiger partial charge in [0, 0.05) is 61.4 Å². The van der Waals surface area contributed by atoms with Gasteiger partial charge in [-0.25, -0.2) is 0 Å². The maximum atomic E-state index is 10.8. The zero-order valence-corrected chi connectivity index (χ0v) is 27.6. The van der Waals surface area contributed by atoms with Crippen molar-refractivity contribution in [3.8, 4) is 0 Å². The first-order chi connectivity index (χ1) is 19.0. The fourth-order valence-corrected chi connectivity index (χ4v) is 3.12. The largest absolute Gasteiger partial charge is 2.00 e. The van der Waals surface area contributed by atoms with Gasteiger partial charge in [0.1, 0.15) is 0 Å². The second-order valence-electron chi connectivity index (χ2n) is 8.26. The molecule has 0 fully saturated rings. The minimum absolute atomic E-state index is 0. The molecule has 0 bridgehead atoms. The van der Waals surface area contributed by atoms with E-state index in [0.29, 0.717) is 25.7 Å². The summed E-state index contributed by atoms with van der Waals surface area (Å²) in [5.74, 6) is -3.60. The van der Waals surface area contributed by atoms with Crippen LogP contribution in [0.15, 0.2) is 49.4 Å². The number of carbonyl (C=O) groups excluding carboxylic acids is 8. The molecule has 0 amide bonds. The number of allylic oxidation sites excluding steroid dienone is 4. The van der Waals surface area contributed by atoms with E-state index in [9.17, 15) is 38.4 Å². The Kier molecular flexibility index (Phi) is 30.6. The molecule has 0 aromatic carbocycles. The van der Waals surface area contributed by atoms with Crippen LogP contribution in [0.4, 0.5) is 0 Å². The topological polar surface area (TPSA) is 259 Å². The Labute approximate surface area is 283 Å². The van der Waals surface area contributed by atoms with Crippen LogP contribution in [0, 0.1) is 0 Å². The van der Waals surface area contributed by atoms with E-state index < -0.39 is 70.7 Å².